The van der Waals surface area contributed by atoms with Crippen molar-refractivity contribution in [2.75, 3.05) is 31.0 Å². The van der Waals surface area contributed by atoms with E-state index in [0.29, 0.717) is 50.8 Å². The van der Waals surface area contributed by atoms with Crippen molar-refractivity contribution in [3.63, 3.8) is 0 Å². The summed E-state index contributed by atoms with van der Waals surface area (Å²) < 4.78 is 16.2. The van der Waals surface area contributed by atoms with Gasteiger partial charge in [-0.05, 0) is 73.2 Å². The van der Waals surface area contributed by atoms with E-state index in [1.165, 1.54) is 13.3 Å². The minimum Gasteiger partial charge on any atom is -0.497 e. The Morgan fingerprint density at radius 3 is 2.21 bits per heavy atom. The average Bonchev–Trinajstić information content (AvgIpc) is 2.88. The van der Waals surface area contributed by atoms with Crippen molar-refractivity contribution in [3.8, 4) is 17.2 Å². The Morgan fingerprint density at radius 2 is 1.55 bits per heavy atom. The van der Waals surface area contributed by atoms with Gasteiger partial charge in [-0.15, -0.1) is 0 Å². The highest BCUT2D eigenvalue weighted by atomic mass is 35.5. The molecule has 38 heavy (non-hydrogen) atoms. The highest BCUT2D eigenvalue weighted by Crippen LogP contribution is 2.28. The fourth-order valence-electron chi connectivity index (χ4n) is 3.04. The van der Waals surface area contributed by atoms with Crippen LogP contribution in [0.3, 0.4) is 0 Å². The second-order valence-electron chi connectivity index (χ2n) is 7.52. The number of carbonyl (C=O) groups excluding carboxylic acids is 3. The van der Waals surface area contributed by atoms with E-state index >= 15 is 0 Å². The Morgan fingerprint density at radius 1 is 0.842 bits per heavy atom. The predicted molar refractivity (Wildman–Crippen MR) is 146 cm³/mol. The first-order valence-electron chi connectivity index (χ1n) is 11.2. The monoisotopic (exact) mass is 558 g/mol. The van der Waals surface area contributed by atoms with E-state index in [-0.39, 0.29) is 6.61 Å². The van der Waals surface area contributed by atoms with Crippen LogP contribution < -0.4 is 30.3 Å². The lowest BCUT2D eigenvalue weighted by atomic mass is 10.2. The van der Waals surface area contributed by atoms with E-state index in [1.807, 2.05) is 0 Å². The number of hydrogen-bond acceptors (Lipinski definition) is 7. The Balaban J connectivity index is 1.55. The predicted octanol–water partition coefficient (Wildman–Crippen LogP) is 4.51. The first-order valence-corrected chi connectivity index (χ1v) is 12.0. The first kappa shape index (κ1) is 28.3. The second kappa shape index (κ2) is 13.9. The first-order chi connectivity index (χ1) is 18.3. The highest BCUT2D eigenvalue weighted by Gasteiger charge is 2.13. The van der Waals surface area contributed by atoms with Crippen LogP contribution >= 0.6 is 23.2 Å². The zero-order valence-corrected chi connectivity index (χ0v) is 21.9. The lowest BCUT2D eigenvalue weighted by Gasteiger charge is -2.13. The van der Waals surface area contributed by atoms with Crippen LogP contribution in [-0.4, -0.2) is 44.3 Å². The summed E-state index contributed by atoms with van der Waals surface area (Å²) in [6.07, 6.45) is 1.33. The summed E-state index contributed by atoms with van der Waals surface area (Å²) in [5, 5.41) is 9.69. The standard InChI is InChI=1S/C26H24Cl2N4O6/c1-3-37-23-10-16(14-29-32-26(35)25(34)31-19-5-7-21(36-2)8-6-19)4-9-22(23)38-15-24(33)30-20-12-17(27)11-18(28)13-20/h4-14H,3,15H2,1-2H3,(H,30,33)(H,31,34)(H,32,35)/b29-14-. The number of methoxy groups -OCH3 is 1. The quantitative estimate of drug-likeness (QED) is 0.191. The summed E-state index contributed by atoms with van der Waals surface area (Å²) in [7, 11) is 1.52. The number of halogens is 2. The molecule has 0 heterocycles. The Kier molecular flexibility index (Phi) is 10.3. The molecular weight excluding hydrogens is 535 g/mol. The number of carbonyl (C=O) groups is 3. The van der Waals surface area contributed by atoms with Crippen molar-refractivity contribution in [2.45, 2.75) is 6.92 Å². The van der Waals surface area contributed by atoms with Crippen LogP contribution in [0, 0.1) is 0 Å². The molecule has 0 fully saturated rings. The summed E-state index contributed by atoms with van der Waals surface area (Å²) in [5.41, 5.74) is 3.58. The minimum absolute atomic E-state index is 0.295. The van der Waals surface area contributed by atoms with Gasteiger partial charge in [-0.3, -0.25) is 14.4 Å². The SMILES string of the molecule is CCOc1cc(/C=N\NC(=O)C(=O)Nc2ccc(OC)cc2)ccc1OCC(=O)Nc1cc(Cl)cc(Cl)c1. The number of nitrogens with one attached hydrogen (secondary N) is 3. The smallest absolute Gasteiger partial charge is 0.329 e. The molecule has 0 aliphatic heterocycles. The number of nitrogens with zero attached hydrogens (tertiary/aromatic N) is 1. The van der Waals surface area contributed by atoms with Crippen LogP contribution in [0.1, 0.15) is 12.5 Å². The number of anilines is 2. The summed E-state index contributed by atoms with van der Waals surface area (Å²) >= 11 is 11.9. The van der Waals surface area contributed by atoms with Gasteiger partial charge >= 0.3 is 11.8 Å². The maximum Gasteiger partial charge on any atom is 0.329 e. The molecular formula is C26H24Cl2N4O6. The molecule has 0 unspecified atom stereocenters. The number of rotatable bonds is 10. The van der Waals surface area contributed by atoms with Crippen molar-refractivity contribution in [1.82, 2.24) is 5.43 Å². The van der Waals surface area contributed by atoms with Crippen LogP contribution in [0.15, 0.2) is 65.8 Å². The molecule has 0 saturated carbocycles. The molecule has 0 atom stereocenters. The van der Waals surface area contributed by atoms with Crippen molar-refractivity contribution in [3.05, 3.63) is 76.3 Å². The van der Waals surface area contributed by atoms with Gasteiger partial charge < -0.3 is 24.8 Å². The van der Waals surface area contributed by atoms with Gasteiger partial charge in [-0.25, -0.2) is 5.43 Å². The van der Waals surface area contributed by atoms with E-state index in [1.54, 1.807) is 67.6 Å². The number of amides is 3. The van der Waals surface area contributed by atoms with Gasteiger partial charge in [-0.1, -0.05) is 23.2 Å². The van der Waals surface area contributed by atoms with Gasteiger partial charge in [0, 0.05) is 21.4 Å². The van der Waals surface area contributed by atoms with Crippen LogP contribution in [0.4, 0.5) is 11.4 Å². The fraction of sp³-hybridized carbons (Fsp3) is 0.154. The Labute approximate surface area is 228 Å². The van der Waals surface area contributed by atoms with E-state index in [4.69, 9.17) is 37.4 Å². The van der Waals surface area contributed by atoms with Gasteiger partial charge in [0.1, 0.15) is 5.75 Å². The van der Waals surface area contributed by atoms with Crippen LogP contribution in [0.5, 0.6) is 17.2 Å². The van der Waals surface area contributed by atoms with Crippen molar-refractivity contribution < 1.29 is 28.6 Å². The van der Waals surface area contributed by atoms with E-state index in [9.17, 15) is 14.4 Å². The Hall–Kier alpha value is -4.28. The number of hydrazone groups is 1. The van der Waals surface area contributed by atoms with Gasteiger partial charge in [0.05, 0.1) is 19.9 Å². The number of hydrogen-bond donors (Lipinski definition) is 3. The molecule has 198 valence electrons. The third kappa shape index (κ3) is 8.68. The molecule has 3 aromatic rings. The highest BCUT2D eigenvalue weighted by molar-refractivity contribution is 6.39. The minimum atomic E-state index is -0.950. The van der Waals surface area contributed by atoms with Gasteiger partial charge in [0.25, 0.3) is 5.91 Å². The maximum absolute atomic E-state index is 12.3. The van der Waals surface area contributed by atoms with E-state index in [0.717, 1.165) is 0 Å². The fourth-order valence-corrected chi connectivity index (χ4v) is 3.56. The topological polar surface area (TPSA) is 127 Å². The molecule has 3 aromatic carbocycles. The molecule has 0 bridgehead atoms. The van der Waals surface area contributed by atoms with E-state index < -0.39 is 17.7 Å². The molecule has 0 aliphatic carbocycles. The van der Waals surface area contributed by atoms with Gasteiger partial charge in [-0.2, -0.15) is 5.10 Å². The number of ether oxygens (including phenoxy) is 3. The molecule has 0 aromatic heterocycles. The second-order valence-corrected chi connectivity index (χ2v) is 8.39. The summed E-state index contributed by atoms with van der Waals surface area (Å²) in [4.78, 5) is 36.4. The largest absolute Gasteiger partial charge is 0.497 e. The molecule has 0 aliphatic rings. The zero-order valence-electron chi connectivity index (χ0n) is 20.4. The average molecular weight is 559 g/mol. The molecule has 10 nitrogen and oxygen atoms in total. The van der Waals surface area contributed by atoms with Gasteiger partial charge in [0.15, 0.2) is 18.1 Å². The van der Waals surface area contributed by atoms with E-state index in [2.05, 4.69) is 21.2 Å². The molecule has 0 spiro atoms. The number of benzene rings is 3. The van der Waals surface area contributed by atoms with Gasteiger partial charge in [0.2, 0.25) is 0 Å². The van der Waals surface area contributed by atoms with Crippen LogP contribution in [-0.2, 0) is 14.4 Å². The normalized spacial score (nSPS) is 10.5. The summed E-state index contributed by atoms with van der Waals surface area (Å²) in [5.74, 6) is -0.957. The zero-order chi connectivity index (χ0) is 27.5. The third-order valence-electron chi connectivity index (χ3n) is 4.71. The van der Waals surface area contributed by atoms with Crippen LogP contribution in [0.25, 0.3) is 0 Å². The molecule has 3 N–H and O–H groups in total. The Bertz CT molecular complexity index is 1310. The lowest BCUT2D eigenvalue weighted by molar-refractivity contribution is -0.136. The molecule has 3 amide bonds. The maximum atomic E-state index is 12.3. The molecule has 0 radical (unpaired) electrons. The van der Waals surface area contributed by atoms with Crippen molar-refractivity contribution in [2.24, 2.45) is 5.10 Å². The third-order valence-corrected chi connectivity index (χ3v) is 5.14. The van der Waals surface area contributed by atoms with Crippen molar-refractivity contribution in [1.29, 1.82) is 0 Å². The van der Waals surface area contributed by atoms with Crippen LogP contribution in [0.2, 0.25) is 10.0 Å². The molecule has 12 heteroatoms. The summed E-state index contributed by atoms with van der Waals surface area (Å²) in [6, 6.07) is 16.0. The lowest BCUT2D eigenvalue weighted by Crippen LogP contribution is -2.32. The molecule has 3 rings (SSSR count). The van der Waals surface area contributed by atoms with Crippen molar-refractivity contribution >= 4 is 58.5 Å². The molecule has 0 saturated heterocycles. The summed E-state index contributed by atoms with van der Waals surface area (Å²) in [6.45, 7) is 1.84.